The molecule has 1 fully saturated rings. The van der Waals surface area contributed by atoms with E-state index in [1.807, 2.05) is 0 Å². The molecule has 0 amide bonds. The van der Waals surface area contributed by atoms with Crippen LogP contribution in [0.4, 0.5) is 5.13 Å². The van der Waals surface area contributed by atoms with E-state index in [2.05, 4.69) is 41.2 Å². The van der Waals surface area contributed by atoms with Gasteiger partial charge in [-0.2, -0.15) is 0 Å². The van der Waals surface area contributed by atoms with Crippen molar-refractivity contribution in [2.24, 2.45) is 0 Å². The highest BCUT2D eigenvalue weighted by Gasteiger charge is 2.19. The Bertz CT molecular complexity index is 368. The second-order valence-electron chi connectivity index (χ2n) is 5.54. The molecule has 102 valence electrons. The number of ether oxygens (including phenoxy) is 1. The third kappa shape index (κ3) is 3.90. The van der Waals surface area contributed by atoms with Crippen LogP contribution in [0.3, 0.4) is 0 Å². The molecule has 6 heteroatoms. The Kier molecular flexibility index (Phi) is 4.53. The lowest BCUT2D eigenvalue weighted by Gasteiger charge is -2.26. The molecule has 2 rings (SSSR count). The lowest BCUT2D eigenvalue weighted by atomic mass is 9.98. The van der Waals surface area contributed by atoms with Crippen LogP contribution in [0.25, 0.3) is 0 Å². The SMILES string of the molecule is CC(C)(C)c1nnc(NCCN2CCOCC2)s1. The minimum Gasteiger partial charge on any atom is -0.379 e. The van der Waals surface area contributed by atoms with Gasteiger partial charge in [-0.25, -0.2) is 0 Å². The highest BCUT2D eigenvalue weighted by Crippen LogP contribution is 2.27. The molecule has 2 heterocycles. The van der Waals surface area contributed by atoms with Gasteiger partial charge in [0.15, 0.2) is 0 Å². The van der Waals surface area contributed by atoms with Crippen molar-refractivity contribution in [2.45, 2.75) is 26.2 Å². The summed E-state index contributed by atoms with van der Waals surface area (Å²) >= 11 is 1.65. The van der Waals surface area contributed by atoms with Gasteiger partial charge in [-0.05, 0) is 0 Å². The summed E-state index contributed by atoms with van der Waals surface area (Å²) in [6, 6.07) is 0. The molecule has 1 saturated heterocycles. The molecule has 0 saturated carbocycles. The van der Waals surface area contributed by atoms with Crippen molar-refractivity contribution in [3.8, 4) is 0 Å². The van der Waals surface area contributed by atoms with E-state index in [0.717, 1.165) is 49.5 Å². The summed E-state index contributed by atoms with van der Waals surface area (Å²) in [7, 11) is 0. The first kappa shape index (κ1) is 13.7. The van der Waals surface area contributed by atoms with Gasteiger partial charge in [-0.15, -0.1) is 10.2 Å². The Balaban J connectivity index is 1.74. The van der Waals surface area contributed by atoms with Gasteiger partial charge in [0.25, 0.3) is 0 Å². The van der Waals surface area contributed by atoms with Gasteiger partial charge in [-0.3, -0.25) is 4.90 Å². The van der Waals surface area contributed by atoms with Crippen molar-refractivity contribution in [1.29, 1.82) is 0 Å². The fraction of sp³-hybridized carbons (Fsp3) is 0.833. The van der Waals surface area contributed by atoms with Crippen molar-refractivity contribution in [3.05, 3.63) is 5.01 Å². The number of nitrogens with one attached hydrogen (secondary N) is 1. The number of morpholine rings is 1. The van der Waals surface area contributed by atoms with Gasteiger partial charge < -0.3 is 10.1 Å². The molecule has 1 aromatic heterocycles. The molecule has 0 aliphatic carbocycles. The standard InChI is InChI=1S/C12H22N4OS/c1-12(2,3)10-14-15-11(18-10)13-4-5-16-6-8-17-9-7-16/h4-9H2,1-3H3,(H,13,15). The highest BCUT2D eigenvalue weighted by molar-refractivity contribution is 7.15. The largest absolute Gasteiger partial charge is 0.379 e. The van der Waals surface area contributed by atoms with Crippen LogP contribution in [0.5, 0.6) is 0 Å². The molecule has 5 nitrogen and oxygen atoms in total. The molecule has 0 aromatic carbocycles. The lowest BCUT2D eigenvalue weighted by molar-refractivity contribution is 0.0398. The van der Waals surface area contributed by atoms with E-state index in [1.165, 1.54) is 0 Å². The first-order valence-electron chi connectivity index (χ1n) is 6.44. The molecular formula is C12H22N4OS. The molecule has 0 radical (unpaired) electrons. The Morgan fingerprint density at radius 2 is 2.00 bits per heavy atom. The van der Waals surface area contributed by atoms with Crippen molar-refractivity contribution in [1.82, 2.24) is 15.1 Å². The van der Waals surface area contributed by atoms with E-state index < -0.39 is 0 Å². The Morgan fingerprint density at radius 1 is 1.28 bits per heavy atom. The van der Waals surface area contributed by atoms with Crippen LogP contribution in [-0.2, 0) is 10.2 Å². The number of aromatic nitrogens is 2. The van der Waals surface area contributed by atoms with Crippen molar-refractivity contribution in [3.63, 3.8) is 0 Å². The monoisotopic (exact) mass is 270 g/mol. The Morgan fingerprint density at radius 3 is 2.61 bits per heavy atom. The summed E-state index contributed by atoms with van der Waals surface area (Å²) < 4.78 is 5.32. The lowest BCUT2D eigenvalue weighted by Crippen LogP contribution is -2.38. The maximum absolute atomic E-state index is 5.32. The molecule has 18 heavy (non-hydrogen) atoms. The fourth-order valence-corrected chi connectivity index (χ4v) is 2.57. The van der Waals surface area contributed by atoms with Crippen LogP contribution >= 0.6 is 11.3 Å². The maximum atomic E-state index is 5.32. The molecule has 1 aliphatic rings. The van der Waals surface area contributed by atoms with E-state index in [-0.39, 0.29) is 5.41 Å². The Hall–Kier alpha value is -0.720. The summed E-state index contributed by atoms with van der Waals surface area (Å²) in [6.45, 7) is 12.2. The van der Waals surface area contributed by atoms with Crippen LogP contribution in [0.15, 0.2) is 0 Å². The molecule has 0 spiro atoms. The number of hydrogen-bond acceptors (Lipinski definition) is 6. The summed E-state index contributed by atoms with van der Waals surface area (Å²) in [5.41, 5.74) is 0.0851. The van der Waals surface area contributed by atoms with E-state index in [4.69, 9.17) is 4.74 Å². The molecule has 0 atom stereocenters. The van der Waals surface area contributed by atoms with Crippen molar-refractivity contribution in [2.75, 3.05) is 44.7 Å². The predicted octanol–water partition coefficient (Wildman–Crippen LogP) is 1.58. The topological polar surface area (TPSA) is 50.3 Å². The minimum atomic E-state index is 0.0851. The van der Waals surface area contributed by atoms with E-state index in [0.29, 0.717) is 0 Å². The van der Waals surface area contributed by atoms with E-state index >= 15 is 0 Å². The molecule has 1 aromatic rings. The zero-order valence-corrected chi connectivity index (χ0v) is 12.2. The van der Waals surface area contributed by atoms with Crippen LogP contribution in [0, 0.1) is 0 Å². The van der Waals surface area contributed by atoms with Crippen molar-refractivity contribution >= 4 is 16.5 Å². The minimum absolute atomic E-state index is 0.0851. The number of anilines is 1. The smallest absolute Gasteiger partial charge is 0.205 e. The van der Waals surface area contributed by atoms with E-state index in [9.17, 15) is 0 Å². The van der Waals surface area contributed by atoms with Gasteiger partial charge in [-0.1, -0.05) is 32.1 Å². The first-order chi connectivity index (χ1) is 8.55. The zero-order valence-electron chi connectivity index (χ0n) is 11.4. The fourth-order valence-electron chi connectivity index (χ4n) is 1.74. The predicted molar refractivity (Wildman–Crippen MR) is 74.4 cm³/mol. The summed E-state index contributed by atoms with van der Waals surface area (Å²) in [5.74, 6) is 0. The van der Waals surface area contributed by atoms with Crippen LogP contribution in [-0.4, -0.2) is 54.5 Å². The third-order valence-corrected chi connectivity index (χ3v) is 4.18. The molecular weight excluding hydrogens is 248 g/mol. The number of hydrogen-bond donors (Lipinski definition) is 1. The summed E-state index contributed by atoms with van der Waals surface area (Å²) in [5, 5.41) is 13.8. The quantitative estimate of drug-likeness (QED) is 0.900. The molecule has 1 aliphatic heterocycles. The van der Waals surface area contributed by atoms with Gasteiger partial charge in [0.1, 0.15) is 5.01 Å². The summed E-state index contributed by atoms with van der Waals surface area (Å²) in [6.07, 6.45) is 0. The second-order valence-corrected chi connectivity index (χ2v) is 6.52. The number of rotatable bonds is 4. The van der Waals surface area contributed by atoms with Crippen molar-refractivity contribution < 1.29 is 4.74 Å². The second kappa shape index (κ2) is 5.95. The maximum Gasteiger partial charge on any atom is 0.205 e. The highest BCUT2D eigenvalue weighted by atomic mass is 32.1. The van der Waals surface area contributed by atoms with Gasteiger partial charge in [0.2, 0.25) is 5.13 Å². The first-order valence-corrected chi connectivity index (χ1v) is 7.25. The summed E-state index contributed by atoms with van der Waals surface area (Å²) in [4.78, 5) is 2.40. The average molecular weight is 270 g/mol. The van der Waals surface area contributed by atoms with Gasteiger partial charge >= 0.3 is 0 Å². The van der Waals surface area contributed by atoms with Gasteiger partial charge in [0, 0.05) is 31.6 Å². The van der Waals surface area contributed by atoms with E-state index in [1.54, 1.807) is 11.3 Å². The van der Waals surface area contributed by atoms with Crippen LogP contribution < -0.4 is 5.32 Å². The molecule has 0 bridgehead atoms. The average Bonchev–Trinajstić information content (AvgIpc) is 2.79. The van der Waals surface area contributed by atoms with Crippen LogP contribution in [0.1, 0.15) is 25.8 Å². The molecule has 0 unspecified atom stereocenters. The van der Waals surface area contributed by atoms with Crippen LogP contribution in [0.2, 0.25) is 0 Å². The molecule has 1 N–H and O–H groups in total. The van der Waals surface area contributed by atoms with Gasteiger partial charge in [0.05, 0.1) is 13.2 Å². The Labute approximate surface area is 113 Å². The third-order valence-electron chi connectivity index (χ3n) is 2.87. The zero-order chi connectivity index (χ0) is 13.0. The normalized spacial score (nSPS) is 17.9. The number of nitrogens with zero attached hydrogens (tertiary/aromatic N) is 3.